The number of amides is 1. The molecule has 1 aromatic carbocycles. The van der Waals surface area contributed by atoms with Gasteiger partial charge in [-0.3, -0.25) is 4.79 Å². The summed E-state index contributed by atoms with van der Waals surface area (Å²) in [5.41, 5.74) is 1.10. The fourth-order valence-corrected chi connectivity index (χ4v) is 1.90. The lowest BCUT2D eigenvalue weighted by atomic mass is 10.1. The van der Waals surface area contributed by atoms with Crippen molar-refractivity contribution < 1.29 is 4.79 Å². The molecule has 0 aliphatic rings. The molecule has 16 heavy (non-hydrogen) atoms. The number of halogens is 2. The lowest BCUT2D eigenvalue weighted by molar-refractivity contribution is -0.121. The molecule has 1 unspecified atom stereocenters. The Morgan fingerprint density at radius 1 is 1.50 bits per heavy atom. The number of alkyl halides is 1. The Balaban J connectivity index is 2.65. The van der Waals surface area contributed by atoms with Gasteiger partial charge in [-0.1, -0.05) is 50.9 Å². The minimum Gasteiger partial charge on any atom is -0.349 e. The largest absolute Gasteiger partial charge is 0.349 e. The molecule has 0 aromatic heterocycles. The monoisotopic (exact) mass is 347 g/mol. The van der Waals surface area contributed by atoms with E-state index in [0.29, 0.717) is 0 Å². The number of rotatable bonds is 4. The van der Waals surface area contributed by atoms with Gasteiger partial charge >= 0.3 is 0 Å². The first-order valence-electron chi connectivity index (χ1n) is 5.24. The third-order valence-corrected chi connectivity index (χ3v) is 3.91. The number of carbonyl (C=O) groups excluding carboxylic acids is 1. The molecule has 1 amide bonds. The van der Waals surface area contributed by atoms with Crippen LogP contribution in [-0.2, 0) is 4.79 Å². The summed E-state index contributed by atoms with van der Waals surface area (Å²) < 4.78 is 1.02. The van der Waals surface area contributed by atoms with Gasteiger partial charge in [0.2, 0.25) is 5.91 Å². The molecule has 0 saturated heterocycles. The van der Waals surface area contributed by atoms with Crippen LogP contribution in [0.15, 0.2) is 28.7 Å². The zero-order valence-electron chi connectivity index (χ0n) is 9.34. The minimum absolute atomic E-state index is 0.0246. The lowest BCUT2D eigenvalue weighted by Crippen LogP contribution is -2.32. The summed E-state index contributed by atoms with van der Waals surface area (Å²) in [7, 11) is 0. The zero-order valence-corrected chi connectivity index (χ0v) is 12.5. The SMILES string of the molecule is CCC(Br)C(=O)N[C@H](C)c1cccc(Br)c1. The number of hydrogen-bond donors (Lipinski definition) is 1. The Bertz CT molecular complexity index is 368. The van der Waals surface area contributed by atoms with E-state index in [2.05, 4.69) is 37.2 Å². The molecule has 0 saturated carbocycles. The average Bonchev–Trinajstić information content (AvgIpc) is 2.27. The average molecular weight is 349 g/mol. The minimum atomic E-state index is -0.109. The van der Waals surface area contributed by atoms with E-state index >= 15 is 0 Å². The molecule has 1 rings (SSSR count). The van der Waals surface area contributed by atoms with Gasteiger partial charge in [0.25, 0.3) is 0 Å². The van der Waals surface area contributed by atoms with E-state index in [-0.39, 0.29) is 16.8 Å². The second-order valence-corrected chi connectivity index (χ2v) is 5.68. The van der Waals surface area contributed by atoms with Crippen LogP contribution in [0.5, 0.6) is 0 Å². The van der Waals surface area contributed by atoms with Crippen LogP contribution in [0, 0.1) is 0 Å². The summed E-state index contributed by atoms with van der Waals surface area (Å²) in [5, 5.41) is 2.97. The molecule has 2 nitrogen and oxygen atoms in total. The van der Waals surface area contributed by atoms with Gasteiger partial charge in [0.05, 0.1) is 10.9 Å². The standard InChI is InChI=1S/C12H15Br2NO/c1-3-11(14)12(16)15-8(2)9-5-4-6-10(13)7-9/h4-8,11H,3H2,1-2H3,(H,15,16)/t8-,11?/m1/s1. The van der Waals surface area contributed by atoms with E-state index in [1.165, 1.54) is 0 Å². The Hall–Kier alpha value is -0.350. The number of nitrogens with one attached hydrogen (secondary N) is 1. The van der Waals surface area contributed by atoms with Gasteiger partial charge in [0.1, 0.15) is 0 Å². The first kappa shape index (κ1) is 13.7. The molecule has 4 heteroatoms. The predicted octanol–water partition coefficient (Wildman–Crippen LogP) is 3.80. The Labute approximate surface area is 113 Å². The smallest absolute Gasteiger partial charge is 0.234 e. The first-order chi connectivity index (χ1) is 7.54. The van der Waals surface area contributed by atoms with Crippen molar-refractivity contribution >= 4 is 37.8 Å². The Morgan fingerprint density at radius 2 is 2.19 bits per heavy atom. The molecule has 1 aromatic rings. The van der Waals surface area contributed by atoms with Gasteiger partial charge < -0.3 is 5.32 Å². The highest BCUT2D eigenvalue weighted by Crippen LogP contribution is 2.18. The molecular formula is C12H15Br2NO. The van der Waals surface area contributed by atoms with Crippen molar-refractivity contribution in [2.45, 2.75) is 31.1 Å². The maximum absolute atomic E-state index is 11.7. The fraction of sp³-hybridized carbons (Fsp3) is 0.417. The summed E-state index contributed by atoms with van der Waals surface area (Å²) in [4.78, 5) is 11.6. The quantitative estimate of drug-likeness (QED) is 0.824. The summed E-state index contributed by atoms with van der Waals surface area (Å²) >= 11 is 6.75. The highest BCUT2D eigenvalue weighted by Gasteiger charge is 2.15. The van der Waals surface area contributed by atoms with Gasteiger partial charge in [0, 0.05) is 4.47 Å². The Morgan fingerprint density at radius 3 is 2.75 bits per heavy atom. The van der Waals surface area contributed by atoms with E-state index in [9.17, 15) is 4.79 Å². The van der Waals surface area contributed by atoms with E-state index in [4.69, 9.17) is 0 Å². The van der Waals surface area contributed by atoms with Gasteiger partial charge in [-0.05, 0) is 31.0 Å². The normalized spacial score (nSPS) is 14.2. The molecule has 0 aliphatic heterocycles. The van der Waals surface area contributed by atoms with E-state index in [1.807, 2.05) is 38.1 Å². The molecule has 88 valence electrons. The highest BCUT2D eigenvalue weighted by molar-refractivity contribution is 9.10. The molecule has 1 N–H and O–H groups in total. The van der Waals surface area contributed by atoms with Crippen molar-refractivity contribution in [3.8, 4) is 0 Å². The lowest BCUT2D eigenvalue weighted by Gasteiger charge is -2.16. The van der Waals surface area contributed by atoms with Crippen molar-refractivity contribution in [3.05, 3.63) is 34.3 Å². The van der Waals surface area contributed by atoms with Gasteiger partial charge in [-0.15, -0.1) is 0 Å². The number of carbonyl (C=O) groups is 1. The van der Waals surface area contributed by atoms with Gasteiger partial charge in [0.15, 0.2) is 0 Å². The van der Waals surface area contributed by atoms with Crippen LogP contribution in [-0.4, -0.2) is 10.7 Å². The van der Waals surface area contributed by atoms with Crippen LogP contribution in [0.2, 0.25) is 0 Å². The van der Waals surface area contributed by atoms with Crippen LogP contribution in [0.3, 0.4) is 0 Å². The van der Waals surface area contributed by atoms with E-state index in [1.54, 1.807) is 0 Å². The predicted molar refractivity (Wildman–Crippen MR) is 73.7 cm³/mol. The van der Waals surface area contributed by atoms with Crippen molar-refractivity contribution in [1.82, 2.24) is 5.32 Å². The molecule has 0 heterocycles. The Kier molecular flexibility index (Phi) is 5.49. The second kappa shape index (κ2) is 6.40. The molecule has 0 fully saturated rings. The third-order valence-electron chi connectivity index (χ3n) is 2.35. The van der Waals surface area contributed by atoms with E-state index < -0.39 is 0 Å². The summed E-state index contributed by atoms with van der Waals surface area (Å²) in [6.07, 6.45) is 0.789. The molecule has 0 bridgehead atoms. The van der Waals surface area contributed by atoms with Gasteiger partial charge in [-0.25, -0.2) is 0 Å². The van der Waals surface area contributed by atoms with Crippen LogP contribution in [0.25, 0.3) is 0 Å². The zero-order chi connectivity index (χ0) is 12.1. The molecule has 0 spiro atoms. The van der Waals surface area contributed by atoms with Crippen LogP contribution in [0.4, 0.5) is 0 Å². The van der Waals surface area contributed by atoms with Crippen LogP contribution >= 0.6 is 31.9 Å². The number of hydrogen-bond acceptors (Lipinski definition) is 1. The summed E-state index contributed by atoms with van der Waals surface area (Å²) in [6.45, 7) is 3.96. The second-order valence-electron chi connectivity index (χ2n) is 3.66. The van der Waals surface area contributed by atoms with Crippen molar-refractivity contribution in [2.24, 2.45) is 0 Å². The molecule has 0 radical (unpaired) electrons. The summed E-state index contributed by atoms with van der Waals surface area (Å²) in [5.74, 6) is 0.0370. The fourth-order valence-electron chi connectivity index (χ4n) is 1.35. The van der Waals surface area contributed by atoms with Crippen molar-refractivity contribution in [3.63, 3.8) is 0 Å². The summed E-state index contributed by atoms with van der Waals surface area (Å²) in [6, 6.07) is 7.98. The van der Waals surface area contributed by atoms with E-state index in [0.717, 1.165) is 16.5 Å². The van der Waals surface area contributed by atoms with Gasteiger partial charge in [-0.2, -0.15) is 0 Å². The van der Waals surface area contributed by atoms with Crippen molar-refractivity contribution in [1.29, 1.82) is 0 Å². The number of benzene rings is 1. The van der Waals surface area contributed by atoms with Crippen LogP contribution in [0.1, 0.15) is 31.9 Å². The molecule has 2 atom stereocenters. The van der Waals surface area contributed by atoms with Crippen molar-refractivity contribution in [2.75, 3.05) is 0 Å². The molecule has 0 aliphatic carbocycles. The first-order valence-corrected chi connectivity index (χ1v) is 6.95. The maximum Gasteiger partial charge on any atom is 0.234 e. The molecular weight excluding hydrogens is 334 g/mol. The third kappa shape index (κ3) is 3.91. The maximum atomic E-state index is 11.7. The highest BCUT2D eigenvalue weighted by atomic mass is 79.9. The topological polar surface area (TPSA) is 29.1 Å². The van der Waals surface area contributed by atoms with Crippen LogP contribution < -0.4 is 5.32 Å².